The molecule has 9 heteroatoms. The van der Waals surface area contributed by atoms with Crippen LogP contribution in [0, 0.1) is 5.82 Å². The van der Waals surface area contributed by atoms with Crippen molar-refractivity contribution < 1.29 is 9.50 Å². The molecule has 0 unspecified atom stereocenters. The SMILES string of the molecule is CC(C)Nc1nc2cnc(CC(C)(C)O)cc2nc1N1CCN(Cc2ccc(Cl)cc2F)CC1. The van der Waals surface area contributed by atoms with Gasteiger partial charge in [0.25, 0.3) is 0 Å². The first-order chi connectivity index (χ1) is 16.1. The van der Waals surface area contributed by atoms with Crippen LogP contribution in [-0.4, -0.2) is 62.8 Å². The van der Waals surface area contributed by atoms with E-state index in [-0.39, 0.29) is 11.9 Å². The lowest BCUT2D eigenvalue weighted by Gasteiger charge is -2.36. The fourth-order valence-electron chi connectivity index (χ4n) is 4.13. The van der Waals surface area contributed by atoms with Crippen LogP contribution in [0.4, 0.5) is 16.0 Å². The van der Waals surface area contributed by atoms with Gasteiger partial charge in [-0.05, 0) is 45.9 Å². The highest BCUT2D eigenvalue weighted by molar-refractivity contribution is 6.30. The van der Waals surface area contributed by atoms with Crippen molar-refractivity contribution >= 4 is 34.3 Å². The summed E-state index contributed by atoms with van der Waals surface area (Å²) < 4.78 is 14.2. The summed E-state index contributed by atoms with van der Waals surface area (Å²) in [6.45, 7) is 11.3. The summed E-state index contributed by atoms with van der Waals surface area (Å²) >= 11 is 5.88. The Morgan fingerprint density at radius 1 is 1.12 bits per heavy atom. The first-order valence-corrected chi connectivity index (χ1v) is 12.0. The van der Waals surface area contributed by atoms with Crippen molar-refractivity contribution in [3.8, 4) is 0 Å². The standard InChI is InChI=1S/C25H32ClFN6O/c1-16(2)29-23-24(31-21-12-19(13-25(3,4)34)28-14-22(21)30-23)33-9-7-32(8-10-33)15-17-5-6-18(26)11-20(17)27/h5-6,11-12,14,16,34H,7-10,13,15H2,1-4H3,(H,29,30). The van der Waals surface area contributed by atoms with Crippen molar-refractivity contribution in [1.29, 1.82) is 0 Å². The first-order valence-electron chi connectivity index (χ1n) is 11.6. The van der Waals surface area contributed by atoms with E-state index in [0.29, 0.717) is 29.1 Å². The van der Waals surface area contributed by atoms with Gasteiger partial charge in [0.2, 0.25) is 0 Å². The van der Waals surface area contributed by atoms with Crippen molar-refractivity contribution in [2.75, 3.05) is 36.4 Å². The number of rotatable bonds is 7. The highest BCUT2D eigenvalue weighted by atomic mass is 35.5. The van der Waals surface area contributed by atoms with E-state index in [4.69, 9.17) is 21.6 Å². The Balaban J connectivity index is 1.55. The van der Waals surface area contributed by atoms with Crippen LogP contribution in [-0.2, 0) is 13.0 Å². The zero-order valence-corrected chi connectivity index (χ0v) is 20.9. The molecule has 0 saturated carbocycles. The third-order valence-corrected chi connectivity index (χ3v) is 5.94. The van der Waals surface area contributed by atoms with Gasteiger partial charge in [-0.2, -0.15) is 0 Å². The summed E-state index contributed by atoms with van der Waals surface area (Å²) in [5.41, 5.74) is 2.04. The molecule has 0 aliphatic carbocycles. The number of piperazine rings is 1. The summed E-state index contributed by atoms with van der Waals surface area (Å²) in [7, 11) is 0. The van der Waals surface area contributed by atoms with Crippen molar-refractivity contribution in [2.45, 2.75) is 52.3 Å². The second-order valence-electron chi connectivity index (χ2n) is 9.85. The van der Waals surface area contributed by atoms with Crippen LogP contribution in [0.15, 0.2) is 30.5 Å². The number of hydrogen-bond donors (Lipinski definition) is 2. The topological polar surface area (TPSA) is 77.4 Å². The zero-order chi connectivity index (χ0) is 24.5. The summed E-state index contributed by atoms with van der Waals surface area (Å²) in [5.74, 6) is 1.27. The molecule has 0 radical (unpaired) electrons. The second-order valence-corrected chi connectivity index (χ2v) is 10.3. The Morgan fingerprint density at radius 2 is 1.85 bits per heavy atom. The summed E-state index contributed by atoms with van der Waals surface area (Å²) in [5, 5.41) is 14.0. The maximum Gasteiger partial charge on any atom is 0.172 e. The molecule has 1 aliphatic heterocycles. The minimum atomic E-state index is -0.851. The monoisotopic (exact) mass is 486 g/mol. The molecular formula is C25H32ClFN6O. The molecular weight excluding hydrogens is 455 g/mol. The van der Waals surface area contributed by atoms with Gasteiger partial charge in [-0.25, -0.2) is 14.4 Å². The normalized spacial score (nSPS) is 15.4. The Bertz CT molecular complexity index is 1160. The number of nitrogens with one attached hydrogen (secondary N) is 1. The van der Waals surface area contributed by atoms with E-state index in [1.54, 1.807) is 32.2 Å². The van der Waals surface area contributed by atoms with E-state index in [0.717, 1.165) is 49.0 Å². The average molecular weight is 487 g/mol. The maximum absolute atomic E-state index is 14.2. The third-order valence-electron chi connectivity index (χ3n) is 5.71. The molecule has 1 aliphatic rings. The zero-order valence-electron chi connectivity index (χ0n) is 20.1. The van der Waals surface area contributed by atoms with Gasteiger partial charge in [0, 0.05) is 61.5 Å². The van der Waals surface area contributed by atoms with Crippen LogP contribution in [0.5, 0.6) is 0 Å². The van der Waals surface area contributed by atoms with Crippen molar-refractivity contribution in [1.82, 2.24) is 19.9 Å². The Morgan fingerprint density at radius 3 is 2.50 bits per heavy atom. The predicted octanol–water partition coefficient (Wildman–Crippen LogP) is 4.27. The molecule has 0 spiro atoms. The molecule has 2 aromatic heterocycles. The quantitative estimate of drug-likeness (QED) is 0.516. The summed E-state index contributed by atoms with van der Waals surface area (Å²) in [6.07, 6.45) is 2.16. The van der Waals surface area contributed by atoms with Gasteiger partial charge >= 0.3 is 0 Å². The molecule has 4 rings (SSSR count). The van der Waals surface area contributed by atoms with Crippen molar-refractivity contribution in [3.05, 3.63) is 52.6 Å². The number of halogens is 2. The molecule has 1 fully saturated rings. The summed E-state index contributed by atoms with van der Waals surface area (Å²) in [6, 6.07) is 6.95. The number of anilines is 2. The van der Waals surface area contributed by atoms with Crippen LogP contribution < -0.4 is 10.2 Å². The third kappa shape index (κ3) is 6.11. The van der Waals surface area contributed by atoms with Crippen LogP contribution in [0.2, 0.25) is 5.02 Å². The molecule has 0 amide bonds. The summed E-state index contributed by atoms with van der Waals surface area (Å²) in [4.78, 5) is 18.7. The minimum absolute atomic E-state index is 0.196. The van der Waals surface area contributed by atoms with E-state index in [1.165, 1.54) is 6.07 Å². The second kappa shape index (κ2) is 9.98. The van der Waals surface area contributed by atoms with Gasteiger partial charge in [0.15, 0.2) is 11.6 Å². The fourth-order valence-corrected chi connectivity index (χ4v) is 4.29. The lowest BCUT2D eigenvalue weighted by molar-refractivity contribution is 0.0800. The number of aliphatic hydroxyl groups is 1. The highest BCUT2D eigenvalue weighted by Crippen LogP contribution is 2.28. The van der Waals surface area contributed by atoms with Crippen molar-refractivity contribution in [3.63, 3.8) is 0 Å². The Hall–Kier alpha value is -2.55. The van der Waals surface area contributed by atoms with Gasteiger partial charge in [0.1, 0.15) is 11.3 Å². The predicted molar refractivity (Wildman–Crippen MR) is 135 cm³/mol. The van der Waals surface area contributed by atoms with Crippen LogP contribution >= 0.6 is 11.6 Å². The fraction of sp³-hybridized carbons (Fsp3) is 0.480. The molecule has 182 valence electrons. The van der Waals surface area contributed by atoms with Gasteiger partial charge < -0.3 is 15.3 Å². The minimum Gasteiger partial charge on any atom is -0.390 e. The smallest absolute Gasteiger partial charge is 0.172 e. The highest BCUT2D eigenvalue weighted by Gasteiger charge is 2.23. The number of aromatic nitrogens is 3. The lowest BCUT2D eigenvalue weighted by Crippen LogP contribution is -2.46. The Kier molecular flexibility index (Phi) is 7.21. The van der Waals surface area contributed by atoms with Crippen molar-refractivity contribution in [2.24, 2.45) is 0 Å². The molecule has 1 saturated heterocycles. The van der Waals surface area contributed by atoms with Crippen LogP contribution in [0.1, 0.15) is 39.0 Å². The molecule has 3 heterocycles. The van der Waals surface area contributed by atoms with E-state index < -0.39 is 5.60 Å². The molecule has 0 bridgehead atoms. The number of hydrogen-bond acceptors (Lipinski definition) is 7. The van der Waals surface area contributed by atoms with E-state index >= 15 is 0 Å². The largest absolute Gasteiger partial charge is 0.390 e. The van der Waals surface area contributed by atoms with E-state index in [9.17, 15) is 9.50 Å². The molecule has 34 heavy (non-hydrogen) atoms. The average Bonchev–Trinajstić information content (AvgIpc) is 2.74. The molecule has 0 atom stereocenters. The van der Waals surface area contributed by atoms with Crippen LogP contribution in [0.3, 0.4) is 0 Å². The van der Waals surface area contributed by atoms with Gasteiger partial charge in [-0.15, -0.1) is 0 Å². The van der Waals surface area contributed by atoms with Gasteiger partial charge in [-0.1, -0.05) is 17.7 Å². The van der Waals surface area contributed by atoms with Crippen LogP contribution in [0.25, 0.3) is 11.0 Å². The van der Waals surface area contributed by atoms with E-state index in [1.807, 2.05) is 6.07 Å². The number of nitrogens with zero attached hydrogens (tertiary/aromatic N) is 5. The molecule has 7 nitrogen and oxygen atoms in total. The number of pyridine rings is 1. The number of benzene rings is 1. The van der Waals surface area contributed by atoms with E-state index in [2.05, 4.69) is 33.9 Å². The maximum atomic E-state index is 14.2. The molecule has 2 N–H and O–H groups in total. The Labute approximate surface area is 205 Å². The van der Waals surface area contributed by atoms with Gasteiger partial charge in [0.05, 0.1) is 17.3 Å². The molecule has 1 aromatic carbocycles. The molecule has 3 aromatic rings. The van der Waals surface area contributed by atoms with Gasteiger partial charge in [-0.3, -0.25) is 9.88 Å². The lowest BCUT2D eigenvalue weighted by atomic mass is 10.0. The number of fused-ring (bicyclic) bond motifs is 1. The first kappa shape index (κ1) is 24.6.